The normalized spacial score (nSPS) is 13.7. The average molecular weight is 433 g/mol. The molecule has 1 N–H and O–H groups in total. The minimum atomic E-state index is -0.167. The molecule has 0 saturated heterocycles. The number of halogens is 1. The van der Waals surface area contributed by atoms with Crippen LogP contribution in [-0.4, -0.2) is 26.8 Å². The molecule has 1 aliphatic carbocycles. The predicted molar refractivity (Wildman–Crippen MR) is 105 cm³/mol. The number of thiophene rings is 1. The monoisotopic (exact) mass is 432 g/mol. The van der Waals surface area contributed by atoms with Crippen molar-refractivity contribution in [3.8, 4) is 10.7 Å². The third-order valence-electron chi connectivity index (χ3n) is 4.22. The van der Waals surface area contributed by atoms with Crippen LogP contribution in [0.5, 0.6) is 0 Å². The summed E-state index contributed by atoms with van der Waals surface area (Å²) in [5, 5.41) is 9.34. The van der Waals surface area contributed by atoms with E-state index < -0.39 is 0 Å². The highest BCUT2D eigenvalue weighted by molar-refractivity contribution is 9.10. The summed E-state index contributed by atoms with van der Waals surface area (Å²) >= 11 is 4.93. The van der Waals surface area contributed by atoms with E-state index in [2.05, 4.69) is 26.3 Å². The van der Waals surface area contributed by atoms with Gasteiger partial charge in [-0.1, -0.05) is 28.1 Å². The van der Waals surface area contributed by atoms with Crippen molar-refractivity contribution in [1.82, 2.24) is 19.7 Å². The van der Waals surface area contributed by atoms with Gasteiger partial charge in [0.1, 0.15) is 0 Å². The van der Waals surface area contributed by atoms with E-state index in [0.717, 1.165) is 28.0 Å². The summed E-state index contributed by atoms with van der Waals surface area (Å²) in [6.45, 7) is 0.688. The molecular formula is C18H17BrN4O2S. The van der Waals surface area contributed by atoms with Crippen LogP contribution in [0.1, 0.15) is 29.2 Å². The molecule has 8 heteroatoms. The van der Waals surface area contributed by atoms with E-state index in [1.165, 1.54) is 4.68 Å². The lowest BCUT2D eigenvalue weighted by atomic mass is 10.2. The van der Waals surface area contributed by atoms with E-state index in [1.807, 2.05) is 29.6 Å². The molecule has 3 aromatic rings. The van der Waals surface area contributed by atoms with Crippen LogP contribution in [0, 0.1) is 0 Å². The first-order chi connectivity index (χ1) is 12.6. The second-order valence-corrected chi connectivity index (χ2v) is 8.04. The SMILES string of the molecule is O=C(NCCn1nc(-c2cccs2)n(C2CC2)c1=O)c1cccc(Br)c1. The number of nitrogens with one attached hydrogen (secondary N) is 1. The van der Waals surface area contributed by atoms with Gasteiger partial charge in [0, 0.05) is 22.6 Å². The van der Waals surface area contributed by atoms with Gasteiger partial charge in [-0.25, -0.2) is 9.48 Å². The molecule has 0 unspecified atom stereocenters. The number of aromatic nitrogens is 3. The summed E-state index contributed by atoms with van der Waals surface area (Å²) in [6.07, 6.45) is 2.03. The summed E-state index contributed by atoms with van der Waals surface area (Å²) in [6, 6.07) is 11.4. The standard InChI is InChI=1S/C18H17BrN4O2S/c19-13-4-1-3-12(11-13)17(24)20-8-9-22-18(25)23(14-6-7-14)16(21-22)15-5-2-10-26-15/h1-5,10-11,14H,6-9H2,(H,20,24). The zero-order chi connectivity index (χ0) is 18.1. The van der Waals surface area contributed by atoms with Gasteiger partial charge in [0.2, 0.25) is 0 Å². The van der Waals surface area contributed by atoms with Crippen molar-refractivity contribution in [2.45, 2.75) is 25.4 Å². The van der Waals surface area contributed by atoms with E-state index in [-0.39, 0.29) is 17.6 Å². The van der Waals surface area contributed by atoms with Crippen molar-refractivity contribution in [1.29, 1.82) is 0 Å². The zero-order valence-corrected chi connectivity index (χ0v) is 16.3. The first-order valence-corrected chi connectivity index (χ1v) is 10.1. The molecular weight excluding hydrogens is 416 g/mol. The van der Waals surface area contributed by atoms with Crippen LogP contribution < -0.4 is 11.0 Å². The molecule has 0 aliphatic heterocycles. The lowest BCUT2D eigenvalue weighted by Crippen LogP contribution is -2.32. The molecule has 1 aliphatic rings. The second kappa shape index (κ2) is 7.20. The van der Waals surface area contributed by atoms with Crippen LogP contribution in [0.2, 0.25) is 0 Å². The Bertz CT molecular complexity index is 989. The molecule has 0 radical (unpaired) electrons. The van der Waals surface area contributed by atoms with E-state index in [4.69, 9.17) is 0 Å². The highest BCUT2D eigenvalue weighted by Crippen LogP contribution is 2.37. The van der Waals surface area contributed by atoms with Crippen molar-refractivity contribution in [2.75, 3.05) is 6.54 Å². The highest BCUT2D eigenvalue weighted by Gasteiger charge is 2.30. The summed E-state index contributed by atoms with van der Waals surface area (Å²) in [7, 11) is 0. The lowest BCUT2D eigenvalue weighted by molar-refractivity contribution is 0.0951. The number of carbonyl (C=O) groups is 1. The Morgan fingerprint density at radius 1 is 1.31 bits per heavy atom. The number of rotatable bonds is 6. The first kappa shape index (κ1) is 17.2. The number of carbonyl (C=O) groups excluding carboxylic acids is 1. The van der Waals surface area contributed by atoms with E-state index in [1.54, 1.807) is 28.0 Å². The minimum Gasteiger partial charge on any atom is -0.350 e. The van der Waals surface area contributed by atoms with Crippen LogP contribution in [-0.2, 0) is 6.54 Å². The maximum Gasteiger partial charge on any atom is 0.346 e. The smallest absolute Gasteiger partial charge is 0.346 e. The fourth-order valence-corrected chi connectivity index (χ4v) is 3.91. The Labute approximate surface area is 162 Å². The molecule has 1 aromatic carbocycles. The molecule has 0 atom stereocenters. The van der Waals surface area contributed by atoms with Crippen LogP contribution >= 0.6 is 27.3 Å². The van der Waals surface area contributed by atoms with Gasteiger partial charge in [-0.05, 0) is 42.5 Å². The van der Waals surface area contributed by atoms with Gasteiger partial charge in [0.25, 0.3) is 5.91 Å². The van der Waals surface area contributed by atoms with Gasteiger partial charge in [-0.3, -0.25) is 9.36 Å². The third kappa shape index (κ3) is 3.52. The predicted octanol–water partition coefficient (Wildman–Crippen LogP) is 3.30. The molecule has 2 heterocycles. The van der Waals surface area contributed by atoms with E-state index in [0.29, 0.717) is 18.7 Å². The summed E-state index contributed by atoms with van der Waals surface area (Å²) in [5.41, 5.74) is 0.474. The van der Waals surface area contributed by atoms with Crippen molar-refractivity contribution < 1.29 is 4.79 Å². The van der Waals surface area contributed by atoms with Crippen LogP contribution in [0.25, 0.3) is 10.7 Å². The molecule has 1 saturated carbocycles. The van der Waals surface area contributed by atoms with Crippen LogP contribution in [0.15, 0.2) is 51.0 Å². The number of hydrogen-bond donors (Lipinski definition) is 1. The largest absolute Gasteiger partial charge is 0.350 e. The second-order valence-electron chi connectivity index (χ2n) is 6.17. The number of benzene rings is 1. The molecule has 26 heavy (non-hydrogen) atoms. The molecule has 1 fully saturated rings. The quantitative estimate of drug-likeness (QED) is 0.649. The lowest BCUT2D eigenvalue weighted by Gasteiger charge is -2.05. The van der Waals surface area contributed by atoms with Crippen molar-refractivity contribution in [3.05, 3.63) is 62.3 Å². The fraction of sp³-hybridized carbons (Fsp3) is 0.278. The van der Waals surface area contributed by atoms with Crippen LogP contribution in [0.4, 0.5) is 0 Å². The number of hydrogen-bond acceptors (Lipinski definition) is 4. The molecule has 134 valence electrons. The Morgan fingerprint density at radius 3 is 2.85 bits per heavy atom. The van der Waals surface area contributed by atoms with Gasteiger partial charge in [-0.2, -0.15) is 0 Å². The van der Waals surface area contributed by atoms with E-state index >= 15 is 0 Å². The maximum atomic E-state index is 12.7. The number of nitrogens with zero attached hydrogens (tertiary/aromatic N) is 3. The Balaban J connectivity index is 1.48. The Morgan fingerprint density at radius 2 is 2.15 bits per heavy atom. The van der Waals surface area contributed by atoms with E-state index in [9.17, 15) is 9.59 Å². The summed E-state index contributed by atoms with van der Waals surface area (Å²) in [5.74, 6) is 0.560. The first-order valence-electron chi connectivity index (χ1n) is 8.40. The van der Waals surface area contributed by atoms with Crippen molar-refractivity contribution in [2.24, 2.45) is 0 Å². The molecule has 4 rings (SSSR count). The Hall–Kier alpha value is -2.19. The van der Waals surface area contributed by atoms with Gasteiger partial charge < -0.3 is 5.32 Å². The Kier molecular flexibility index (Phi) is 4.78. The average Bonchev–Trinajstić information content (AvgIpc) is 3.20. The van der Waals surface area contributed by atoms with Crippen molar-refractivity contribution in [3.63, 3.8) is 0 Å². The van der Waals surface area contributed by atoms with Gasteiger partial charge in [-0.15, -0.1) is 16.4 Å². The molecule has 0 spiro atoms. The molecule has 6 nitrogen and oxygen atoms in total. The fourth-order valence-electron chi connectivity index (χ4n) is 2.81. The molecule has 0 bridgehead atoms. The molecule has 2 aromatic heterocycles. The maximum absolute atomic E-state index is 12.7. The third-order valence-corrected chi connectivity index (χ3v) is 5.58. The van der Waals surface area contributed by atoms with Crippen LogP contribution in [0.3, 0.4) is 0 Å². The number of amides is 1. The van der Waals surface area contributed by atoms with Gasteiger partial charge >= 0.3 is 5.69 Å². The minimum absolute atomic E-state index is 0.104. The summed E-state index contributed by atoms with van der Waals surface area (Å²) in [4.78, 5) is 25.9. The zero-order valence-electron chi connectivity index (χ0n) is 13.9. The van der Waals surface area contributed by atoms with Gasteiger partial charge in [0.15, 0.2) is 5.82 Å². The van der Waals surface area contributed by atoms with Crippen molar-refractivity contribution >= 4 is 33.2 Å². The van der Waals surface area contributed by atoms with Gasteiger partial charge in [0.05, 0.1) is 11.4 Å². The highest BCUT2D eigenvalue weighted by atomic mass is 79.9. The summed E-state index contributed by atoms with van der Waals surface area (Å²) < 4.78 is 4.10. The molecule has 1 amide bonds. The topological polar surface area (TPSA) is 68.9 Å².